The normalized spacial score (nSPS) is 21.3. The van der Waals surface area contributed by atoms with Crippen molar-refractivity contribution in [3.05, 3.63) is 78.7 Å². The van der Waals surface area contributed by atoms with E-state index in [0.29, 0.717) is 22.3 Å². The van der Waals surface area contributed by atoms with E-state index >= 15 is 0 Å². The van der Waals surface area contributed by atoms with Crippen LogP contribution in [-0.4, -0.2) is 12.5 Å². The van der Waals surface area contributed by atoms with Crippen molar-refractivity contribution in [2.75, 3.05) is 12.5 Å². The SMILES string of the molecule is CC(C)C1=Cc2c(Br)cccc2C1S(C)(C)C1C(C(C)C)=Cc2c(Br)cccc21. The van der Waals surface area contributed by atoms with Crippen LogP contribution in [0.4, 0.5) is 0 Å². The van der Waals surface area contributed by atoms with Crippen molar-refractivity contribution < 1.29 is 0 Å². The lowest BCUT2D eigenvalue weighted by molar-refractivity contribution is 0.731. The third kappa shape index (κ3) is 3.42. The molecule has 2 aliphatic rings. The standard InChI is InChI=1S/C26H30Br2S/c1-15(2)19-13-21-17(9-7-11-23(21)27)25(19)29(5,6)26-18-10-8-12-24(28)22(18)14-20(26)16(3)4/h7-16,25-26H,1-6H3. The van der Waals surface area contributed by atoms with Crippen LogP contribution in [0.1, 0.15) is 60.4 Å². The summed E-state index contributed by atoms with van der Waals surface area (Å²) in [4.78, 5) is 0. The highest BCUT2D eigenvalue weighted by Gasteiger charge is 2.45. The molecule has 0 aliphatic heterocycles. The van der Waals surface area contributed by atoms with Gasteiger partial charge in [0.15, 0.2) is 0 Å². The maximum absolute atomic E-state index is 3.82. The molecule has 0 amide bonds. The molecule has 2 aromatic carbocycles. The number of fused-ring (bicyclic) bond motifs is 2. The van der Waals surface area contributed by atoms with Crippen molar-refractivity contribution in [2.24, 2.45) is 11.8 Å². The molecule has 0 fully saturated rings. The van der Waals surface area contributed by atoms with Crippen molar-refractivity contribution in [1.82, 2.24) is 0 Å². The van der Waals surface area contributed by atoms with Crippen LogP contribution in [0.25, 0.3) is 12.2 Å². The fourth-order valence-corrected chi connectivity index (χ4v) is 10.2. The Morgan fingerprint density at radius 3 is 1.41 bits per heavy atom. The molecule has 0 saturated carbocycles. The molecule has 0 radical (unpaired) electrons. The molecule has 4 rings (SSSR count). The lowest BCUT2D eigenvalue weighted by atomic mass is 10.00. The third-order valence-electron chi connectivity index (χ3n) is 6.51. The summed E-state index contributed by atoms with van der Waals surface area (Å²) < 4.78 is 2.44. The smallest absolute Gasteiger partial charge is 0.0366 e. The summed E-state index contributed by atoms with van der Waals surface area (Å²) >= 11 is 7.64. The monoisotopic (exact) mass is 532 g/mol. The van der Waals surface area contributed by atoms with E-state index in [1.807, 2.05) is 0 Å². The third-order valence-corrected chi connectivity index (χ3v) is 11.4. The van der Waals surface area contributed by atoms with E-state index in [9.17, 15) is 0 Å². The second-order valence-electron chi connectivity index (χ2n) is 9.33. The summed E-state index contributed by atoms with van der Waals surface area (Å²) in [6, 6.07) is 13.5. The van der Waals surface area contributed by atoms with Gasteiger partial charge in [0.05, 0.1) is 0 Å². The number of hydrogen-bond acceptors (Lipinski definition) is 0. The van der Waals surface area contributed by atoms with Crippen molar-refractivity contribution in [3.8, 4) is 0 Å². The molecule has 29 heavy (non-hydrogen) atoms. The maximum Gasteiger partial charge on any atom is 0.0366 e. The molecule has 2 aromatic rings. The van der Waals surface area contributed by atoms with Crippen molar-refractivity contribution >= 4 is 54.0 Å². The lowest BCUT2D eigenvalue weighted by Gasteiger charge is -2.48. The molecule has 0 heterocycles. The Morgan fingerprint density at radius 1 is 0.690 bits per heavy atom. The highest BCUT2D eigenvalue weighted by atomic mass is 79.9. The summed E-state index contributed by atoms with van der Waals surface area (Å²) in [6.07, 6.45) is 10.1. The largest absolute Gasteiger partial charge is 0.226 e. The molecule has 0 saturated heterocycles. The first-order chi connectivity index (χ1) is 13.6. The predicted octanol–water partition coefficient (Wildman–Crippen LogP) is 9.16. The number of rotatable bonds is 4. The molecule has 0 spiro atoms. The van der Waals surface area contributed by atoms with Crippen LogP contribution < -0.4 is 0 Å². The highest BCUT2D eigenvalue weighted by molar-refractivity contribution is 9.10. The van der Waals surface area contributed by atoms with E-state index in [-0.39, 0.29) is 0 Å². The van der Waals surface area contributed by atoms with Crippen LogP contribution in [0, 0.1) is 11.8 Å². The van der Waals surface area contributed by atoms with Crippen LogP contribution in [0.2, 0.25) is 0 Å². The summed E-state index contributed by atoms with van der Waals surface area (Å²) in [5.74, 6) is 1.09. The Hall–Kier alpha value is -0.770. The molecule has 0 N–H and O–H groups in total. The Labute approximate surface area is 194 Å². The van der Waals surface area contributed by atoms with E-state index in [0.717, 1.165) is 0 Å². The molecule has 2 unspecified atom stereocenters. The van der Waals surface area contributed by atoms with Gasteiger partial charge in [-0.25, -0.2) is 10.0 Å². The Morgan fingerprint density at radius 2 is 1.07 bits per heavy atom. The summed E-state index contributed by atoms with van der Waals surface area (Å²) in [5.41, 5.74) is 9.00. The van der Waals surface area contributed by atoms with E-state index in [2.05, 4.69) is 121 Å². The van der Waals surface area contributed by atoms with Gasteiger partial charge in [0.2, 0.25) is 0 Å². The fraction of sp³-hybridized carbons (Fsp3) is 0.385. The number of halogens is 2. The Kier molecular flexibility index (Phi) is 5.72. The fourth-order valence-electron chi connectivity index (χ4n) is 5.14. The second-order valence-corrected chi connectivity index (χ2v) is 15.0. The summed E-state index contributed by atoms with van der Waals surface area (Å²) in [5, 5.41) is 0.985. The van der Waals surface area contributed by atoms with Gasteiger partial charge in [-0.1, -0.05) is 107 Å². The van der Waals surface area contributed by atoms with Gasteiger partial charge in [0.25, 0.3) is 0 Å². The van der Waals surface area contributed by atoms with E-state index in [4.69, 9.17) is 0 Å². The van der Waals surface area contributed by atoms with Crippen LogP contribution in [0.15, 0.2) is 56.5 Å². The van der Waals surface area contributed by atoms with Crippen molar-refractivity contribution in [3.63, 3.8) is 0 Å². The van der Waals surface area contributed by atoms with Gasteiger partial charge in [-0.15, -0.1) is 0 Å². The minimum atomic E-state index is -1.07. The van der Waals surface area contributed by atoms with Crippen LogP contribution >= 0.6 is 41.9 Å². The van der Waals surface area contributed by atoms with Crippen molar-refractivity contribution in [2.45, 2.75) is 38.2 Å². The van der Waals surface area contributed by atoms with Crippen LogP contribution in [0.5, 0.6) is 0 Å². The minimum absolute atomic E-state index is 0.493. The van der Waals surface area contributed by atoms with E-state index in [1.165, 1.54) is 31.2 Å². The van der Waals surface area contributed by atoms with E-state index in [1.54, 1.807) is 11.1 Å². The molecular formula is C26H30Br2S. The average molecular weight is 534 g/mol. The lowest BCUT2D eigenvalue weighted by Crippen LogP contribution is -2.20. The second kappa shape index (κ2) is 7.73. The van der Waals surface area contributed by atoms with E-state index < -0.39 is 10.0 Å². The van der Waals surface area contributed by atoms with Crippen molar-refractivity contribution in [1.29, 1.82) is 0 Å². The van der Waals surface area contributed by atoms with Gasteiger partial charge in [0.1, 0.15) is 0 Å². The average Bonchev–Trinajstić information content (AvgIpc) is 3.23. The molecule has 0 aromatic heterocycles. The zero-order chi connectivity index (χ0) is 21.1. The first kappa shape index (κ1) is 21.5. The summed E-state index contributed by atoms with van der Waals surface area (Å²) in [6.45, 7) is 9.41. The minimum Gasteiger partial charge on any atom is -0.226 e. The molecule has 0 nitrogen and oxygen atoms in total. The van der Waals surface area contributed by atoms with Gasteiger partial charge in [-0.3, -0.25) is 0 Å². The maximum atomic E-state index is 3.82. The van der Waals surface area contributed by atoms with Crippen LogP contribution in [0.3, 0.4) is 0 Å². The number of hydrogen-bond donors (Lipinski definition) is 0. The predicted molar refractivity (Wildman–Crippen MR) is 139 cm³/mol. The molecule has 0 bridgehead atoms. The molecule has 2 atom stereocenters. The summed E-state index contributed by atoms with van der Waals surface area (Å²) in [7, 11) is -1.07. The van der Waals surface area contributed by atoms with Gasteiger partial charge in [-0.05, 0) is 58.7 Å². The Balaban J connectivity index is 1.91. The van der Waals surface area contributed by atoms with Gasteiger partial charge >= 0.3 is 0 Å². The molecule has 2 aliphatic carbocycles. The molecule has 3 heteroatoms. The first-order valence-electron chi connectivity index (χ1n) is 10.4. The molecule has 154 valence electrons. The molecular weight excluding hydrogens is 504 g/mol. The topological polar surface area (TPSA) is 0 Å². The quantitative estimate of drug-likeness (QED) is 0.367. The zero-order valence-electron chi connectivity index (χ0n) is 18.1. The van der Waals surface area contributed by atoms with Gasteiger partial charge in [0, 0.05) is 19.4 Å². The van der Waals surface area contributed by atoms with Gasteiger partial charge in [-0.2, -0.15) is 0 Å². The highest BCUT2D eigenvalue weighted by Crippen LogP contribution is 2.73. The number of benzene rings is 2. The van der Waals surface area contributed by atoms with Gasteiger partial charge < -0.3 is 0 Å². The zero-order valence-corrected chi connectivity index (χ0v) is 22.1. The van der Waals surface area contributed by atoms with Crippen LogP contribution in [-0.2, 0) is 0 Å². The first-order valence-corrected chi connectivity index (χ1v) is 14.5. The Bertz CT molecular complexity index is 945.